The number of ether oxygens (including phenoxy) is 2. The molecule has 1 aliphatic heterocycles. The minimum atomic E-state index is -4.61. The predicted molar refractivity (Wildman–Crippen MR) is 149 cm³/mol. The number of benzene rings is 2. The van der Waals surface area contributed by atoms with Crippen molar-refractivity contribution in [3.8, 4) is 5.75 Å². The second-order valence-corrected chi connectivity index (χ2v) is 11.6. The van der Waals surface area contributed by atoms with Crippen molar-refractivity contribution in [1.82, 2.24) is 14.6 Å². The first kappa shape index (κ1) is 31.7. The van der Waals surface area contributed by atoms with Crippen LogP contribution in [0.4, 0.5) is 0 Å². The molecule has 0 radical (unpaired) electrons. The fourth-order valence-corrected chi connectivity index (χ4v) is 5.79. The van der Waals surface area contributed by atoms with E-state index >= 15 is 0 Å². The van der Waals surface area contributed by atoms with Gasteiger partial charge in [-0.2, -0.15) is 5.09 Å². The Bertz CT molecular complexity index is 1640. The highest BCUT2D eigenvalue weighted by Crippen LogP contribution is 2.49. The van der Waals surface area contributed by atoms with Crippen LogP contribution >= 0.6 is 7.75 Å². The van der Waals surface area contributed by atoms with Gasteiger partial charge in [-0.25, -0.2) is 9.36 Å². The first-order chi connectivity index (χ1) is 20.4. The number of esters is 1. The highest BCUT2D eigenvalue weighted by Gasteiger charge is 2.56. The topological polar surface area (TPSA) is 227 Å². The van der Waals surface area contributed by atoms with Gasteiger partial charge in [0.15, 0.2) is 6.23 Å². The number of hydrogen-bond donors (Lipinski definition) is 4. The quantitative estimate of drug-likeness (QED) is 0.0757. The molecule has 0 saturated carbocycles. The largest absolute Gasteiger partial charge is 0.459 e. The molecule has 2 aromatic carbocycles. The summed E-state index contributed by atoms with van der Waals surface area (Å²) in [5.74, 6) is -0.748. The Kier molecular flexibility index (Phi) is 9.52. The molecule has 1 aliphatic rings. The fraction of sp³-hybridized carbons (Fsp3) is 0.346. The van der Waals surface area contributed by atoms with E-state index in [1.54, 1.807) is 48.5 Å². The Labute approximate surface area is 244 Å². The number of aliphatic hydroxyl groups is 2. The Morgan fingerprint density at radius 2 is 1.81 bits per heavy atom. The molecule has 43 heavy (non-hydrogen) atoms. The van der Waals surface area contributed by atoms with Crippen molar-refractivity contribution in [3.05, 3.63) is 110 Å². The van der Waals surface area contributed by atoms with Crippen molar-refractivity contribution < 1.29 is 38.1 Å². The summed E-state index contributed by atoms with van der Waals surface area (Å²) in [6.07, 6.45) is -4.53. The zero-order valence-corrected chi connectivity index (χ0v) is 23.9. The maximum Gasteiger partial charge on any atom is 0.459 e. The number of carbonyl (C=O) groups excluding carboxylic acids is 1. The van der Waals surface area contributed by atoms with Crippen LogP contribution in [0.2, 0.25) is 0 Å². The lowest BCUT2D eigenvalue weighted by Gasteiger charge is -2.32. The standard InChI is InChI=1S/C26H29N6O10P/c1-25(2,23(36)39-15-17-9-5-3-6-10-17)30-43(38,42-18-11-7-4-8-12-18)40-16-26(29-31-27)21(35)20(34)22(41-26)32-14-13-19(33)28-24(32)37/h3-14,20-22,34-35H,15-16H2,1-2H3,(H,30,38)(H,28,33,37)/t20-,21+,22+,26?,43?/m0/s1. The highest BCUT2D eigenvalue weighted by molar-refractivity contribution is 7.52. The average Bonchev–Trinajstić information content (AvgIpc) is 3.21. The number of aliphatic hydroxyl groups excluding tert-OH is 2. The van der Waals surface area contributed by atoms with Gasteiger partial charge in [0.25, 0.3) is 5.56 Å². The Hall–Kier alpha value is -4.27. The second-order valence-electron chi connectivity index (χ2n) is 9.97. The Balaban J connectivity index is 1.59. The van der Waals surface area contributed by atoms with Gasteiger partial charge in [0.05, 0.1) is 6.61 Å². The molecule has 228 valence electrons. The van der Waals surface area contributed by atoms with Crippen LogP contribution in [-0.4, -0.2) is 55.8 Å². The molecular weight excluding hydrogens is 587 g/mol. The Morgan fingerprint density at radius 3 is 2.44 bits per heavy atom. The van der Waals surface area contributed by atoms with Crippen LogP contribution in [0, 0.1) is 0 Å². The lowest BCUT2D eigenvalue weighted by atomic mass is 10.1. The molecular formula is C26H29N6O10P. The van der Waals surface area contributed by atoms with Crippen molar-refractivity contribution in [2.45, 2.75) is 50.2 Å². The molecule has 4 rings (SSSR count). The molecule has 0 bridgehead atoms. The van der Waals surface area contributed by atoms with Gasteiger partial charge in [0.1, 0.15) is 30.1 Å². The van der Waals surface area contributed by atoms with Gasteiger partial charge in [0.2, 0.25) is 5.72 Å². The summed E-state index contributed by atoms with van der Waals surface area (Å²) in [4.78, 5) is 41.4. The summed E-state index contributed by atoms with van der Waals surface area (Å²) >= 11 is 0. The number of H-pyrrole nitrogens is 1. The van der Waals surface area contributed by atoms with E-state index in [9.17, 15) is 34.7 Å². The van der Waals surface area contributed by atoms with Gasteiger partial charge in [0, 0.05) is 17.2 Å². The van der Waals surface area contributed by atoms with E-state index in [0.29, 0.717) is 5.56 Å². The van der Waals surface area contributed by atoms with Crippen molar-refractivity contribution in [2.75, 3.05) is 6.61 Å². The summed E-state index contributed by atoms with van der Waals surface area (Å²) in [6.45, 7) is 1.68. The van der Waals surface area contributed by atoms with Crippen molar-refractivity contribution >= 4 is 13.7 Å². The molecule has 17 heteroatoms. The SMILES string of the molecule is CC(C)(NP(=O)(OCC1(N=[N+]=[N-])O[C@@H](n2ccc(=O)[nH]c2=O)[C@@H](O)[C@H]1O)Oc1ccccc1)C(=O)OCc1ccccc1. The monoisotopic (exact) mass is 616 g/mol. The third-order valence-corrected chi connectivity index (χ3v) is 8.04. The molecule has 1 aromatic heterocycles. The van der Waals surface area contributed by atoms with Gasteiger partial charge in [-0.15, -0.1) is 0 Å². The number of nitrogens with zero attached hydrogens (tertiary/aromatic N) is 4. The van der Waals surface area contributed by atoms with E-state index in [1.807, 2.05) is 4.98 Å². The van der Waals surface area contributed by atoms with Crippen LogP contribution in [0.15, 0.2) is 87.6 Å². The van der Waals surface area contributed by atoms with Gasteiger partial charge in [-0.1, -0.05) is 53.6 Å². The summed E-state index contributed by atoms with van der Waals surface area (Å²) in [6, 6.07) is 17.6. The number of aromatic nitrogens is 2. The van der Waals surface area contributed by atoms with E-state index in [2.05, 4.69) is 15.1 Å². The van der Waals surface area contributed by atoms with E-state index in [0.717, 1.165) is 16.8 Å². The van der Waals surface area contributed by atoms with Gasteiger partial charge in [-0.3, -0.25) is 23.7 Å². The molecule has 1 fully saturated rings. The molecule has 0 spiro atoms. The molecule has 2 heterocycles. The number of carbonyl (C=O) groups is 1. The number of para-hydroxylation sites is 1. The fourth-order valence-electron chi connectivity index (χ4n) is 4.10. The zero-order chi connectivity index (χ0) is 31.3. The van der Waals surface area contributed by atoms with E-state index in [1.165, 1.54) is 26.0 Å². The highest BCUT2D eigenvalue weighted by atomic mass is 31.2. The van der Waals surface area contributed by atoms with E-state index in [-0.39, 0.29) is 12.4 Å². The van der Waals surface area contributed by atoms with E-state index in [4.69, 9.17) is 18.5 Å². The van der Waals surface area contributed by atoms with Crippen LogP contribution in [0.25, 0.3) is 10.4 Å². The number of aromatic amines is 1. The first-order valence-corrected chi connectivity index (χ1v) is 14.3. The summed E-state index contributed by atoms with van der Waals surface area (Å²) in [5, 5.41) is 27.6. The molecule has 3 aromatic rings. The molecule has 2 unspecified atom stereocenters. The third-order valence-electron chi connectivity index (χ3n) is 6.29. The van der Waals surface area contributed by atoms with Gasteiger partial charge in [-0.05, 0) is 37.1 Å². The minimum absolute atomic E-state index is 0.0650. The van der Waals surface area contributed by atoms with Gasteiger partial charge < -0.3 is 24.2 Å². The lowest BCUT2D eigenvalue weighted by Crippen LogP contribution is -2.49. The van der Waals surface area contributed by atoms with Crippen LogP contribution in [0.3, 0.4) is 0 Å². The maximum atomic E-state index is 14.1. The van der Waals surface area contributed by atoms with E-state index < -0.39 is 61.3 Å². The number of nitrogens with one attached hydrogen (secondary N) is 2. The Morgan fingerprint density at radius 1 is 1.16 bits per heavy atom. The van der Waals surface area contributed by atoms with Crippen LogP contribution < -0.4 is 20.9 Å². The lowest BCUT2D eigenvalue weighted by molar-refractivity contribution is -0.151. The van der Waals surface area contributed by atoms with Crippen LogP contribution in [0.5, 0.6) is 5.75 Å². The molecule has 1 saturated heterocycles. The summed E-state index contributed by atoms with van der Waals surface area (Å²) in [7, 11) is -4.61. The summed E-state index contributed by atoms with van der Waals surface area (Å²) < 4.78 is 37.1. The second kappa shape index (κ2) is 12.9. The van der Waals surface area contributed by atoms with Crippen molar-refractivity contribution in [1.29, 1.82) is 0 Å². The smallest absolute Gasteiger partial charge is 0.459 e. The van der Waals surface area contributed by atoms with Crippen molar-refractivity contribution in [2.24, 2.45) is 5.11 Å². The first-order valence-electron chi connectivity index (χ1n) is 12.8. The third kappa shape index (κ3) is 7.39. The number of hydrogen-bond acceptors (Lipinski definition) is 11. The molecule has 0 aliphatic carbocycles. The molecule has 5 atom stereocenters. The summed E-state index contributed by atoms with van der Waals surface area (Å²) in [5.41, 5.74) is 4.14. The zero-order valence-electron chi connectivity index (χ0n) is 23.0. The maximum absolute atomic E-state index is 14.1. The predicted octanol–water partition coefficient (Wildman–Crippen LogP) is 2.11. The minimum Gasteiger partial charge on any atom is -0.459 e. The van der Waals surface area contributed by atoms with Gasteiger partial charge >= 0.3 is 19.4 Å². The molecule has 0 amide bonds. The van der Waals surface area contributed by atoms with Crippen LogP contribution in [-0.2, 0) is 30.0 Å². The number of azide groups is 1. The average molecular weight is 617 g/mol. The number of rotatable bonds is 12. The normalized spacial score (nSPS) is 23.1. The molecule has 4 N–H and O–H groups in total. The van der Waals surface area contributed by atoms with Crippen molar-refractivity contribution in [3.63, 3.8) is 0 Å². The molecule has 16 nitrogen and oxygen atoms in total. The van der Waals surface area contributed by atoms with Crippen LogP contribution in [0.1, 0.15) is 25.6 Å².